The van der Waals surface area contributed by atoms with Gasteiger partial charge in [0.15, 0.2) is 0 Å². The second-order valence-electron chi connectivity index (χ2n) is 11.1. The summed E-state index contributed by atoms with van der Waals surface area (Å²) in [6, 6.07) is 38.7. The Bertz CT molecular complexity index is 1820. The molecule has 8 heteroatoms. The molecule has 2 N–H and O–H groups in total. The highest BCUT2D eigenvalue weighted by molar-refractivity contribution is 5.73. The van der Waals surface area contributed by atoms with E-state index in [1.807, 2.05) is 84.9 Å². The Hall–Kier alpha value is -5.50. The molecular formula is C36H32N6O2. The van der Waals surface area contributed by atoms with Gasteiger partial charge in [0.05, 0.1) is 0 Å². The molecule has 0 fully saturated rings. The molecule has 218 valence electrons. The number of phenols is 2. The van der Waals surface area contributed by atoms with Crippen LogP contribution in [0.5, 0.6) is 11.5 Å². The van der Waals surface area contributed by atoms with Crippen molar-refractivity contribution in [2.75, 3.05) is 0 Å². The molecule has 0 radical (unpaired) electrons. The molecule has 5 aromatic carbocycles. The molecule has 2 heterocycles. The van der Waals surface area contributed by atoms with Gasteiger partial charge in [-0.2, -0.15) is 30.0 Å². The number of para-hydroxylation sites is 2. The number of rotatable bonds is 10. The fourth-order valence-electron chi connectivity index (χ4n) is 5.84. The Morgan fingerprint density at radius 2 is 0.750 bits per heavy atom. The van der Waals surface area contributed by atoms with Crippen LogP contribution in [-0.2, 0) is 12.8 Å². The molecule has 2 atom stereocenters. The summed E-state index contributed by atoms with van der Waals surface area (Å²) in [6.45, 7) is 0. The zero-order chi connectivity index (χ0) is 29.9. The maximum absolute atomic E-state index is 10.7. The highest BCUT2D eigenvalue weighted by Crippen LogP contribution is 2.32. The number of fused-ring (bicyclic) bond motifs is 2. The summed E-state index contributed by atoms with van der Waals surface area (Å²) in [4.78, 5) is 3.47. The summed E-state index contributed by atoms with van der Waals surface area (Å²) in [5.41, 5.74) is 7.33. The molecular weight excluding hydrogens is 548 g/mol. The molecule has 0 saturated heterocycles. The van der Waals surface area contributed by atoms with E-state index in [0.717, 1.165) is 58.9 Å². The Labute approximate surface area is 254 Å². The van der Waals surface area contributed by atoms with Gasteiger partial charge in [0.25, 0.3) is 0 Å². The first kappa shape index (κ1) is 27.3. The van der Waals surface area contributed by atoms with E-state index < -0.39 is 0 Å². The molecule has 2 aromatic heterocycles. The molecule has 0 aliphatic heterocycles. The first-order valence-corrected chi connectivity index (χ1v) is 14.9. The van der Waals surface area contributed by atoms with Crippen molar-refractivity contribution in [3.63, 3.8) is 0 Å². The van der Waals surface area contributed by atoms with Crippen molar-refractivity contribution >= 4 is 22.1 Å². The molecule has 8 nitrogen and oxygen atoms in total. The first-order valence-electron chi connectivity index (χ1n) is 14.9. The van der Waals surface area contributed by atoms with Gasteiger partial charge in [-0.05, 0) is 73.2 Å². The van der Waals surface area contributed by atoms with Crippen LogP contribution in [0.2, 0.25) is 0 Å². The third-order valence-corrected chi connectivity index (χ3v) is 8.19. The molecule has 0 aliphatic carbocycles. The smallest absolute Gasteiger partial charge is 0.120 e. The summed E-state index contributed by atoms with van der Waals surface area (Å²) in [7, 11) is 0. The molecule has 0 saturated carbocycles. The van der Waals surface area contributed by atoms with E-state index in [9.17, 15) is 10.2 Å². The number of aromatic hydroxyl groups is 2. The molecule has 7 rings (SSSR count). The maximum atomic E-state index is 10.7. The van der Waals surface area contributed by atoms with Gasteiger partial charge in [-0.1, -0.05) is 84.9 Å². The van der Waals surface area contributed by atoms with E-state index in [1.54, 1.807) is 21.7 Å². The highest BCUT2D eigenvalue weighted by Gasteiger charge is 2.22. The molecule has 0 aliphatic rings. The molecule has 44 heavy (non-hydrogen) atoms. The van der Waals surface area contributed by atoms with Crippen LogP contribution in [0, 0.1) is 0 Å². The van der Waals surface area contributed by atoms with Crippen LogP contribution in [0.4, 0.5) is 0 Å². The van der Waals surface area contributed by atoms with Crippen LogP contribution in [0.1, 0.15) is 47.2 Å². The quantitative estimate of drug-likeness (QED) is 0.180. The van der Waals surface area contributed by atoms with Crippen molar-refractivity contribution in [1.29, 1.82) is 0 Å². The van der Waals surface area contributed by atoms with Gasteiger partial charge in [-0.25, -0.2) is 0 Å². The Balaban J connectivity index is 1.08. The Morgan fingerprint density at radius 1 is 0.432 bits per heavy atom. The summed E-state index contributed by atoms with van der Waals surface area (Å²) < 4.78 is 0. The van der Waals surface area contributed by atoms with Crippen LogP contribution in [0.3, 0.4) is 0 Å². The van der Waals surface area contributed by atoms with Crippen molar-refractivity contribution < 1.29 is 10.2 Å². The van der Waals surface area contributed by atoms with Gasteiger partial charge >= 0.3 is 0 Å². The minimum Gasteiger partial charge on any atom is -0.508 e. The van der Waals surface area contributed by atoms with Gasteiger partial charge < -0.3 is 10.2 Å². The fraction of sp³-hybridized carbons (Fsp3) is 0.167. The molecule has 0 amide bonds. The van der Waals surface area contributed by atoms with E-state index in [2.05, 4.69) is 24.3 Å². The number of benzene rings is 5. The lowest BCUT2D eigenvalue weighted by Gasteiger charge is -2.19. The van der Waals surface area contributed by atoms with Crippen molar-refractivity contribution in [3.05, 3.63) is 144 Å². The molecule has 2 unspecified atom stereocenters. The zero-order valence-electron chi connectivity index (χ0n) is 24.1. The number of hydrogen-bond acceptors (Lipinski definition) is 6. The standard InChI is InChI=1S/C36H32N6O2/c43-35-15-7-1-9-27(35)33(41-37-29-11-3-4-12-30(29)38-41)23-21-25-17-19-26(20-18-25)22-24-34(28-10-2-8-16-36(28)44)42-39-31-13-5-6-14-32(31)40-42/h1-20,33-34,43-44H,21-24H2. The van der Waals surface area contributed by atoms with Crippen LogP contribution in [-0.4, -0.2) is 40.2 Å². The van der Waals surface area contributed by atoms with Crippen LogP contribution in [0.15, 0.2) is 121 Å². The second kappa shape index (κ2) is 12.0. The largest absolute Gasteiger partial charge is 0.508 e. The van der Waals surface area contributed by atoms with Crippen molar-refractivity contribution in [1.82, 2.24) is 30.0 Å². The van der Waals surface area contributed by atoms with Gasteiger partial charge in [-0.3, -0.25) is 0 Å². The van der Waals surface area contributed by atoms with E-state index >= 15 is 0 Å². The lowest BCUT2D eigenvalue weighted by molar-refractivity contribution is 0.407. The highest BCUT2D eigenvalue weighted by atomic mass is 16.3. The van der Waals surface area contributed by atoms with Crippen molar-refractivity contribution in [3.8, 4) is 11.5 Å². The maximum Gasteiger partial charge on any atom is 0.120 e. The Morgan fingerprint density at radius 3 is 1.09 bits per heavy atom. The molecule has 0 spiro atoms. The monoisotopic (exact) mass is 580 g/mol. The number of aromatic nitrogens is 6. The van der Waals surface area contributed by atoms with Gasteiger partial charge in [0, 0.05) is 11.1 Å². The first-order chi connectivity index (χ1) is 21.6. The third kappa shape index (κ3) is 5.62. The number of nitrogens with zero attached hydrogens (tertiary/aromatic N) is 6. The average Bonchev–Trinajstić information content (AvgIpc) is 3.68. The zero-order valence-corrected chi connectivity index (χ0v) is 24.1. The second-order valence-corrected chi connectivity index (χ2v) is 11.1. The van der Waals surface area contributed by atoms with E-state index in [0.29, 0.717) is 0 Å². The summed E-state index contributed by atoms with van der Waals surface area (Å²) in [5, 5.41) is 40.3. The third-order valence-electron chi connectivity index (χ3n) is 8.19. The van der Waals surface area contributed by atoms with Gasteiger partial charge in [0.2, 0.25) is 0 Å². The van der Waals surface area contributed by atoms with E-state index in [-0.39, 0.29) is 23.6 Å². The van der Waals surface area contributed by atoms with Gasteiger partial charge in [-0.15, -0.1) is 0 Å². The van der Waals surface area contributed by atoms with Gasteiger partial charge in [0.1, 0.15) is 45.6 Å². The fourth-order valence-corrected chi connectivity index (χ4v) is 5.84. The lowest BCUT2D eigenvalue weighted by atomic mass is 9.96. The van der Waals surface area contributed by atoms with Crippen LogP contribution >= 0.6 is 0 Å². The van der Waals surface area contributed by atoms with Crippen molar-refractivity contribution in [2.24, 2.45) is 0 Å². The lowest BCUT2D eigenvalue weighted by Crippen LogP contribution is -2.15. The SMILES string of the molecule is Oc1ccccc1C(CCc1ccc(CCC(c2ccccc2O)n2nc3ccccc3n2)cc1)n1nc2ccccc2n1. The number of phenolic OH excluding ortho intramolecular Hbond substituents is 2. The summed E-state index contributed by atoms with van der Waals surface area (Å²) >= 11 is 0. The molecule has 0 bridgehead atoms. The van der Waals surface area contributed by atoms with E-state index in [4.69, 9.17) is 20.4 Å². The summed E-state index contributed by atoms with van der Waals surface area (Å²) in [5.74, 6) is 0.487. The average molecular weight is 581 g/mol. The van der Waals surface area contributed by atoms with E-state index in [1.165, 1.54) is 11.1 Å². The number of aryl methyl sites for hydroxylation is 2. The predicted octanol–water partition coefficient (Wildman–Crippen LogP) is 7.03. The minimum absolute atomic E-state index is 0.209. The van der Waals surface area contributed by atoms with Crippen LogP contribution in [0.25, 0.3) is 22.1 Å². The number of hydrogen-bond donors (Lipinski definition) is 2. The molecule has 7 aromatic rings. The summed E-state index contributed by atoms with van der Waals surface area (Å²) in [6.07, 6.45) is 3.04. The normalized spacial score (nSPS) is 12.9. The predicted molar refractivity (Wildman–Crippen MR) is 171 cm³/mol. The minimum atomic E-state index is -0.209. The Kier molecular flexibility index (Phi) is 7.46. The topological polar surface area (TPSA) is 102 Å². The van der Waals surface area contributed by atoms with Crippen LogP contribution < -0.4 is 0 Å². The van der Waals surface area contributed by atoms with Crippen molar-refractivity contribution in [2.45, 2.75) is 37.8 Å².